The highest BCUT2D eigenvalue weighted by molar-refractivity contribution is 7.89. The van der Waals surface area contributed by atoms with Crippen LogP contribution in [-0.4, -0.2) is 27.4 Å². The lowest BCUT2D eigenvalue weighted by Crippen LogP contribution is -2.37. The van der Waals surface area contributed by atoms with E-state index in [1.807, 2.05) is 12.1 Å². The summed E-state index contributed by atoms with van der Waals surface area (Å²) in [7, 11) is -7.84. The number of sulfonamides is 1. The van der Waals surface area contributed by atoms with Gasteiger partial charge < -0.3 is 0 Å². The third-order valence-electron chi connectivity index (χ3n) is 5.99. The molecule has 6 nitrogen and oxygen atoms in total. The lowest BCUT2D eigenvalue weighted by Gasteiger charge is -2.29. The fourth-order valence-electron chi connectivity index (χ4n) is 4.27. The zero-order chi connectivity index (χ0) is 22.5. The molecule has 0 saturated heterocycles. The average Bonchev–Trinajstić information content (AvgIpc) is 2.74. The molecule has 1 saturated carbocycles. The summed E-state index contributed by atoms with van der Waals surface area (Å²) in [6.07, 6.45) is 6.41. The van der Waals surface area contributed by atoms with Crippen LogP contribution >= 0.6 is 0 Å². The van der Waals surface area contributed by atoms with Gasteiger partial charge in [0.05, 0.1) is 9.79 Å². The van der Waals surface area contributed by atoms with Gasteiger partial charge in [0.2, 0.25) is 10.0 Å². The molecule has 3 rings (SSSR count). The van der Waals surface area contributed by atoms with E-state index in [1.165, 1.54) is 0 Å². The molecule has 2 aromatic rings. The molecule has 170 valence electrons. The molecule has 1 aliphatic carbocycles. The van der Waals surface area contributed by atoms with Crippen LogP contribution < -0.4 is 4.72 Å². The molecule has 0 aromatic heterocycles. The summed E-state index contributed by atoms with van der Waals surface area (Å²) in [4.78, 5) is 0.265. The van der Waals surface area contributed by atoms with Gasteiger partial charge >= 0.3 is 0 Å². The van der Waals surface area contributed by atoms with Gasteiger partial charge in [-0.2, -0.15) is 8.42 Å². The van der Waals surface area contributed by atoms with Crippen LogP contribution in [0.5, 0.6) is 0 Å². The van der Waals surface area contributed by atoms with Crippen molar-refractivity contribution in [2.75, 3.05) is 0 Å². The molecular weight excluding hydrogens is 434 g/mol. The van der Waals surface area contributed by atoms with Crippen molar-refractivity contribution in [3.05, 3.63) is 59.7 Å². The quantitative estimate of drug-likeness (QED) is 0.414. The largest absolute Gasteiger partial charge is 0.294 e. The minimum Gasteiger partial charge on any atom is -0.282 e. The van der Waals surface area contributed by atoms with E-state index in [1.54, 1.807) is 36.4 Å². The topological polar surface area (TPSA) is 101 Å². The fourth-order valence-corrected chi connectivity index (χ4v) is 6.38. The number of hydrogen-bond donors (Lipinski definition) is 2. The number of aryl methyl sites for hydroxylation is 1. The van der Waals surface area contributed by atoms with Gasteiger partial charge in [0.1, 0.15) is 0 Å². The summed E-state index contributed by atoms with van der Waals surface area (Å²) in [6.45, 7) is 2.09. The highest BCUT2D eigenvalue weighted by Crippen LogP contribution is 2.35. The molecular formula is C23H31NO5S2. The van der Waals surface area contributed by atoms with Crippen molar-refractivity contribution < 1.29 is 21.4 Å². The van der Waals surface area contributed by atoms with Crippen molar-refractivity contribution in [1.82, 2.24) is 4.72 Å². The molecule has 0 radical (unpaired) electrons. The van der Waals surface area contributed by atoms with Crippen LogP contribution in [-0.2, 0) is 26.6 Å². The van der Waals surface area contributed by atoms with Crippen LogP contribution in [0.2, 0.25) is 0 Å². The maximum atomic E-state index is 12.5. The lowest BCUT2D eigenvalue weighted by atomic mass is 9.82. The minimum absolute atomic E-state index is 0.00741. The van der Waals surface area contributed by atoms with Gasteiger partial charge in [0.25, 0.3) is 10.1 Å². The molecule has 2 aromatic carbocycles. The number of hydrogen-bond acceptors (Lipinski definition) is 4. The molecule has 0 spiro atoms. The van der Waals surface area contributed by atoms with Crippen LogP contribution in [0.25, 0.3) is 0 Å². The summed E-state index contributed by atoms with van der Waals surface area (Å²) in [6, 6.07) is 13.6. The standard InChI is InChI=1S/C23H31NO5S2/c1-2-3-5-8-19-11-12-20(17-23(19)31(27,28)29)18-13-15-21(16-14-18)24-30(25,26)22-9-6-4-7-10-22/h4,6-7,9-12,17-18,21,24H,2-3,5,8,13-16H2,1H3,(H,27,28,29). The Morgan fingerprint density at radius 1 is 0.935 bits per heavy atom. The third kappa shape index (κ3) is 6.38. The van der Waals surface area contributed by atoms with Crippen molar-refractivity contribution in [3.63, 3.8) is 0 Å². The Kier molecular flexibility index (Phi) is 7.91. The molecule has 0 atom stereocenters. The summed E-state index contributed by atoms with van der Waals surface area (Å²) in [5.41, 5.74) is 1.54. The van der Waals surface area contributed by atoms with Crippen LogP contribution in [0.15, 0.2) is 58.3 Å². The van der Waals surface area contributed by atoms with E-state index in [2.05, 4.69) is 11.6 Å². The van der Waals surface area contributed by atoms with Crippen molar-refractivity contribution in [3.8, 4) is 0 Å². The third-order valence-corrected chi connectivity index (χ3v) is 8.46. The molecule has 0 amide bonds. The van der Waals surface area contributed by atoms with E-state index >= 15 is 0 Å². The summed E-state index contributed by atoms with van der Waals surface area (Å²) in [5, 5.41) is 0. The highest BCUT2D eigenvalue weighted by atomic mass is 32.2. The second-order valence-corrected chi connectivity index (χ2v) is 11.4. The van der Waals surface area contributed by atoms with Crippen molar-refractivity contribution >= 4 is 20.1 Å². The lowest BCUT2D eigenvalue weighted by molar-refractivity contribution is 0.373. The molecule has 0 heterocycles. The smallest absolute Gasteiger partial charge is 0.282 e. The first-order valence-electron chi connectivity index (χ1n) is 10.9. The van der Waals surface area contributed by atoms with Gasteiger partial charge in [-0.1, -0.05) is 50.1 Å². The zero-order valence-electron chi connectivity index (χ0n) is 17.8. The molecule has 8 heteroatoms. The van der Waals surface area contributed by atoms with E-state index in [0.717, 1.165) is 37.7 Å². The van der Waals surface area contributed by atoms with Gasteiger partial charge in [-0.15, -0.1) is 0 Å². The predicted octanol–water partition coefficient (Wildman–Crippen LogP) is 4.67. The molecule has 0 aliphatic heterocycles. The maximum absolute atomic E-state index is 12.5. The number of benzene rings is 2. The van der Waals surface area contributed by atoms with Crippen LogP contribution in [0.3, 0.4) is 0 Å². The first kappa shape index (κ1) is 23.9. The molecule has 0 unspecified atom stereocenters. The predicted molar refractivity (Wildman–Crippen MR) is 121 cm³/mol. The Balaban J connectivity index is 1.67. The average molecular weight is 466 g/mol. The van der Waals surface area contributed by atoms with Crippen LogP contribution in [0, 0.1) is 0 Å². The van der Waals surface area contributed by atoms with E-state index in [9.17, 15) is 21.4 Å². The Hall–Kier alpha value is -1.74. The van der Waals surface area contributed by atoms with Gasteiger partial charge in [0, 0.05) is 6.04 Å². The molecule has 0 bridgehead atoms. The van der Waals surface area contributed by atoms with Crippen LogP contribution in [0.1, 0.15) is 68.9 Å². The van der Waals surface area contributed by atoms with Crippen molar-refractivity contribution in [2.45, 2.75) is 80.0 Å². The van der Waals surface area contributed by atoms with Crippen molar-refractivity contribution in [1.29, 1.82) is 0 Å². The SMILES string of the molecule is CCCCCc1ccc(C2CCC(NS(=O)(=O)c3ccccc3)CC2)cc1S(=O)(=O)O. The monoisotopic (exact) mass is 465 g/mol. The minimum atomic E-state index is -4.29. The first-order chi connectivity index (χ1) is 14.7. The molecule has 1 aliphatic rings. The Labute approximate surface area is 185 Å². The maximum Gasteiger partial charge on any atom is 0.294 e. The zero-order valence-corrected chi connectivity index (χ0v) is 19.5. The van der Waals surface area contributed by atoms with Crippen LogP contribution in [0.4, 0.5) is 0 Å². The summed E-state index contributed by atoms with van der Waals surface area (Å²) >= 11 is 0. The second kappa shape index (κ2) is 10.3. The Morgan fingerprint density at radius 2 is 1.61 bits per heavy atom. The number of nitrogens with one attached hydrogen (secondary N) is 1. The van der Waals surface area contributed by atoms with E-state index in [0.29, 0.717) is 24.8 Å². The molecule has 31 heavy (non-hydrogen) atoms. The Morgan fingerprint density at radius 3 is 2.23 bits per heavy atom. The normalized spacial score (nSPS) is 19.9. The fraction of sp³-hybridized carbons (Fsp3) is 0.478. The second-order valence-electron chi connectivity index (χ2n) is 8.28. The van der Waals surface area contributed by atoms with Gasteiger partial charge in [-0.05, 0) is 73.8 Å². The van der Waals surface area contributed by atoms with E-state index in [-0.39, 0.29) is 21.8 Å². The van der Waals surface area contributed by atoms with E-state index < -0.39 is 20.1 Å². The Bertz CT molecular complexity index is 1070. The highest BCUT2D eigenvalue weighted by Gasteiger charge is 2.27. The van der Waals surface area contributed by atoms with Crippen molar-refractivity contribution in [2.24, 2.45) is 0 Å². The van der Waals surface area contributed by atoms with Gasteiger partial charge in [-0.25, -0.2) is 13.1 Å². The first-order valence-corrected chi connectivity index (χ1v) is 13.8. The van der Waals surface area contributed by atoms with Gasteiger partial charge in [-0.3, -0.25) is 4.55 Å². The summed E-state index contributed by atoms with van der Waals surface area (Å²) < 4.78 is 61.5. The molecule has 1 fully saturated rings. The van der Waals surface area contributed by atoms with E-state index in [4.69, 9.17) is 0 Å². The number of unbranched alkanes of at least 4 members (excludes halogenated alkanes) is 2. The summed E-state index contributed by atoms with van der Waals surface area (Å²) in [5.74, 6) is 0.141. The van der Waals surface area contributed by atoms with Gasteiger partial charge in [0.15, 0.2) is 0 Å². The molecule has 2 N–H and O–H groups in total. The number of rotatable bonds is 9.